The summed E-state index contributed by atoms with van der Waals surface area (Å²) in [5, 5.41) is 7.75. The van der Waals surface area contributed by atoms with Crippen molar-refractivity contribution in [2.45, 2.75) is 25.4 Å². The lowest BCUT2D eigenvalue weighted by molar-refractivity contribution is -0.145. The van der Waals surface area contributed by atoms with Gasteiger partial charge in [0.2, 0.25) is 0 Å². The van der Waals surface area contributed by atoms with E-state index in [-0.39, 0.29) is 0 Å². The maximum Gasteiger partial charge on any atom is 0.389 e. The molecular weight excluding hydrogens is 140 g/mol. The molecular formula is C4H6F4O. The van der Waals surface area contributed by atoms with Crippen molar-refractivity contribution in [3.05, 3.63) is 0 Å². The van der Waals surface area contributed by atoms with Crippen molar-refractivity contribution in [2.24, 2.45) is 0 Å². The molecule has 0 bridgehead atoms. The van der Waals surface area contributed by atoms with Crippen molar-refractivity contribution in [3.8, 4) is 0 Å². The molecule has 0 rings (SSSR count). The summed E-state index contributed by atoms with van der Waals surface area (Å²) in [7, 11) is 0. The first-order valence-electron chi connectivity index (χ1n) is 2.31. The second kappa shape index (κ2) is 3.00. The number of halogens is 4. The van der Waals surface area contributed by atoms with Crippen LogP contribution in [0.25, 0.3) is 0 Å². The van der Waals surface area contributed by atoms with Gasteiger partial charge < -0.3 is 5.11 Å². The summed E-state index contributed by atoms with van der Waals surface area (Å²) in [6.07, 6.45) is -8.87. The number of alkyl halides is 4. The SMILES string of the molecule is OC(F)CCC(F)(F)F. The smallest absolute Gasteiger partial charge is 0.364 e. The van der Waals surface area contributed by atoms with E-state index in [0.717, 1.165) is 0 Å². The zero-order valence-electron chi connectivity index (χ0n) is 4.45. The minimum Gasteiger partial charge on any atom is -0.364 e. The Labute approximate surface area is 49.3 Å². The number of rotatable bonds is 2. The van der Waals surface area contributed by atoms with Crippen LogP contribution in [0.1, 0.15) is 12.8 Å². The van der Waals surface area contributed by atoms with Crippen molar-refractivity contribution in [2.75, 3.05) is 0 Å². The van der Waals surface area contributed by atoms with E-state index >= 15 is 0 Å². The second-order valence-corrected chi connectivity index (χ2v) is 1.59. The zero-order chi connectivity index (χ0) is 7.49. The molecule has 0 aromatic heterocycles. The van der Waals surface area contributed by atoms with Gasteiger partial charge in [-0.2, -0.15) is 13.2 Å². The lowest BCUT2D eigenvalue weighted by atomic mass is 10.3. The fourth-order valence-corrected chi connectivity index (χ4v) is 0.283. The topological polar surface area (TPSA) is 20.2 Å². The fourth-order valence-electron chi connectivity index (χ4n) is 0.283. The molecule has 0 aromatic carbocycles. The molecule has 1 nitrogen and oxygen atoms in total. The normalized spacial score (nSPS) is 15.7. The summed E-state index contributed by atoms with van der Waals surface area (Å²) in [6.45, 7) is 0. The van der Waals surface area contributed by atoms with E-state index < -0.39 is 25.4 Å². The molecule has 0 saturated carbocycles. The van der Waals surface area contributed by atoms with Gasteiger partial charge in [-0.15, -0.1) is 0 Å². The van der Waals surface area contributed by atoms with Crippen LogP contribution in [0.2, 0.25) is 0 Å². The van der Waals surface area contributed by atoms with E-state index in [9.17, 15) is 17.6 Å². The molecule has 0 saturated heterocycles. The van der Waals surface area contributed by atoms with Crippen LogP contribution in [0.5, 0.6) is 0 Å². The first-order chi connectivity index (χ1) is 3.92. The molecule has 9 heavy (non-hydrogen) atoms. The Kier molecular flexibility index (Phi) is 2.90. The maximum atomic E-state index is 11.3. The van der Waals surface area contributed by atoms with Gasteiger partial charge in [0.25, 0.3) is 0 Å². The molecule has 1 N–H and O–H groups in total. The van der Waals surface area contributed by atoms with Gasteiger partial charge in [-0.05, 0) is 0 Å². The molecule has 56 valence electrons. The molecule has 0 fully saturated rings. The molecule has 0 aliphatic heterocycles. The van der Waals surface area contributed by atoms with Crippen LogP contribution in [0.4, 0.5) is 17.6 Å². The van der Waals surface area contributed by atoms with Crippen LogP contribution in [-0.4, -0.2) is 17.6 Å². The van der Waals surface area contributed by atoms with E-state index in [1.165, 1.54) is 0 Å². The molecule has 0 heterocycles. The highest BCUT2D eigenvalue weighted by atomic mass is 19.4. The molecule has 5 heteroatoms. The Morgan fingerprint density at radius 3 is 1.89 bits per heavy atom. The van der Waals surface area contributed by atoms with Crippen LogP contribution in [0, 0.1) is 0 Å². The van der Waals surface area contributed by atoms with Crippen LogP contribution < -0.4 is 0 Å². The molecule has 0 amide bonds. The summed E-state index contributed by atoms with van der Waals surface area (Å²) in [4.78, 5) is 0. The van der Waals surface area contributed by atoms with Gasteiger partial charge in [0.15, 0.2) is 6.36 Å². The third-order valence-electron chi connectivity index (χ3n) is 0.666. The van der Waals surface area contributed by atoms with E-state index in [0.29, 0.717) is 0 Å². The Bertz CT molecular complexity index is 77.1. The first kappa shape index (κ1) is 8.68. The van der Waals surface area contributed by atoms with Crippen molar-refractivity contribution in [1.82, 2.24) is 0 Å². The van der Waals surface area contributed by atoms with Gasteiger partial charge in [0.1, 0.15) is 0 Å². The zero-order valence-corrected chi connectivity index (χ0v) is 4.45. The van der Waals surface area contributed by atoms with Gasteiger partial charge in [0.05, 0.1) is 0 Å². The van der Waals surface area contributed by atoms with Gasteiger partial charge in [-0.25, -0.2) is 4.39 Å². The highest BCUT2D eigenvalue weighted by Gasteiger charge is 2.27. The summed E-state index contributed by atoms with van der Waals surface area (Å²) in [5.41, 5.74) is 0. The molecule has 1 unspecified atom stereocenters. The number of aliphatic hydroxyl groups excluding tert-OH is 1. The van der Waals surface area contributed by atoms with Gasteiger partial charge in [0, 0.05) is 12.8 Å². The summed E-state index contributed by atoms with van der Waals surface area (Å²) >= 11 is 0. The van der Waals surface area contributed by atoms with Gasteiger partial charge >= 0.3 is 6.18 Å². The third-order valence-corrected chi connectivity index (χ3v) is 0.666. The summed E-state index contributed by atoms with van der Waals surface area (Å²) in [5.74, 6) is 0. The van der Waals surface area contributed by atoms with Gasteiger partial charge in [-0.3, -0.25) is 0 Å². The predicted octanol–water partition coefficient (Wildman–Crippen LogP) is 1.62. The molecule has 0 aromatic rings. The fraction of sp³-hybridized carbons (Fsp3) is 1.00. The maximum absolute atomic E-state index is 11.3. The van der Waals surface area contributed by atoms with Crippen molar-refractivity contribution in [1.29, 1.82) is 0 Å². The number of hydrogen-bond donors (Lipinski definition) is 1. The van der Waals surface area contributed by atoms with Crippen molar-refractivity contribution < 1.29 is 22.7 Å². The largest absolute Gasteiger partial charge is 0.389 e. The molecule has 1 atom stereocenters. The van der Waals surface area contributed by atoms with E-state index in [2.05, 4.69) is 0 Å². The highest BCUT2D eigenvalue weighted by Crippen LogP contribution is 2.22. The lowest BCUT2D eigenvalue weighted by Crippen LogP contribution is -2.10. The third kappa shape index (κ3) is 7.68. The number of hydrogen-bond acceptors (Lipinski definition) is 1. The standard InChI is InChI=1S/C4H6F4O/c5-3(9)1-2-4(6,7)8/h3,9H,1-2H2. The van der Waals surface area contributed by atoms with E-state index in [4.69, 9.17) is 5.11 Å². The van der Waals surface area contributed by atoms with Gasteiger partial charge in [-0.1, -0.05) is 0 Å². The van der Waals surface area contributed by atoms with Crippen LogP contribution in [0.3, 0.4) is 0 Å². The average molecular weight is 146 g/mol. The number of aliphatic hydroxyl groups is 1. The van der Waals surface area contributed by atoms with Crippen LogP contribution in [-0.2, 0) is 0 Å². The Morgan fingerprint density at radius 2 is 1.78 bits per heavy atom. The van der Waals surface area contributed by atoms with E-state index in [1.807, 2.05) is 0 Å². The summed E-state index contributed by atoms with van der Waals surface area (Å²) in [6, 6.07) is 0. The average Bonchev–Trinajstić information content (AvgIpc) is 1.59. The quantitative estimate of drug-likeness (QED) is 0.587. The lowest BCUT2D eigenvalue weighted by Gasteiger charge is -2.04. The van der Waals surface area contributed by atoms with Crippen molar-refractivity contribution in [3.63, 3.8) is 0 Å². The van der Waals surface area contributed by atoms with Crippen LogP contribution in [0.15, 0.2) is 0 Å². The Hall–Kier alpha value is -0.320. The minimum absolute atomic E-state index is 0.872. The molecule has 0 spiro atoms. The summed E-state index contributed by atoms with van der Waals surface area (Å²) < 4.78 is 44.7. The van der Waals surface area contributed by atoms with Crippen LogP contribution >= 0.6 is 0 Å². The van der Waals surface area contributed by atoms with E-state index in [1.54, 1.807) is 0 Å². The Morgan fingerprint density at radius 1 is 1.33 bits per heavy atom. The molecule has 0 aliphatic carbocycles. The predicted molar refractivity (Wildman–Crippen MR) is 22.4 cm³/mol. The Balaban J connectivity index is 3.28. The monoisotopic (exact) mass is 146 g/mol. The second-order valence-electron chi connectivity index (χ2n) is 1.59. The highest BCUT2D eigenvalue weighted by molar-refractivity contribution is 4.50. The minimum atomic E-state index is -4.37. The van der Waals surface area contributed by atoms with Crippen molar-refractivity contribution >= 4 is 0 Å². The first-order valence-corrected chi connectivity index (χ1v) is 2.31. The molecule has 0 aliphatic rings. The molecule has 0 radical (unpaired) electrons.